The third-order valence-corrected chi connectivity index (χ3v) is 3.52. The van der Waals surface area contributed by atoms with E-state index in [9.17, 15) is 4.39 Å². The molecule has 1 heterocycles. The van der Waals surface area contributed by atoms with Crippen LogP contribution in [0, 0.1) is 12.7 Å². The van der Waals surface area contributed by atoms with E-state index in [-0.39, 0.29) is 11.9 Å². The number of hydrogen-bond donors (Lipinski definition) is 1. The van der Waals surface area contributed by atoms with Crippen molar-refractivity contribution in [3.63, 3.8) is 0 Å². The van der Waals surface area contributed by atoms with Crippen LogP contribution in [0.4, 0.5) is 15.8 Å². The average molecular weight is 276 g/mol. The van der Waals surface area contributed by atoms with Crippen molar-refractivity contribution in [2.24, 2.45) is 0 Å². The topological polar surface area (TPSA) is 28.4 Å². The van der Waals surface area contributed by atoms with E-state index in [1.807, 2.05) is 44.9 Å². The molecule has 2 rings (SSSR count). The molecule has 1 aromatic carbocycles. The van der Waals surface area contributed by atoms with Gasteiger partial charge in [0.15, 0.2) is 0 Å². The highest BCUT2D eigenvalue weighted by molar-refractivity contribution is 5.56. The monoisotopic (exact) mass is 276 g/mol. The van der Waals surface area contributed by atoms with Crippen LogP contribution in [-0.2, 0) is 6.54 Å². The summed E-state index contributed by atoms with van der Waals surface area (Å²) in [7, 11) is 1.89. The molecule has 0 spiro atoms. The van der Waals surface area contributed by atoms with Crippen molar-refractivity contribution in [3.8, 4) is 0 Å². The molecule has 0 atom stereocenters. The smallest absolute Gasteiger partial charge is 0.148 e. The second-order valence-corrected chi connectivity index (χ2v) is 5.25. The molecule has 0 radical (unpaired) electrons. The van der Waals surface area contributed by atoms with E-state index >= 15 is 0 Å². The van der Waals surface area contributed by atoms with Crippen LogP contribution in [0.5, 0.6) is 0 Å². The summed E-state index contributed by atoms with van der Waals surface area (Å²) in [6, 6.07) is 7.38. The number of nitrogens with zero attached hydrogens (tertiary/aromatic N) is 1. The standard InChI is InChI=1S/C16H21FN2O/c1-11(2)19(4)15-6-5-13(9-14(15)17)18-10-16-12(3)7-8-20-16/h5-9,11,18H,10H2,1-4H3. The van der Waals surface area contributed by atoms with Crippen LogP contribution in [0.3, 0.4) is 0 Å². The molecule has 0 saturated heterocycles. The van der Waals surface area contributed by atoms with Gasteiger partial charge in [-0.2, -0.15) is 0 Å². The molecule has 1 N–H and O–H groups in total. The minimum absolute atomic E-state index is 0.220. The minimum Gasteiger partial charge on any atom is -0.467 e. The SMILES string of the molecule is Cc1ccoc1CNc1ccc(N(C)C(C)C)c(F)c1. The molecule has 0 fully saturated rings. The molecule has 1 aromatic heterocycles. The maximum atomic E-state index is 14.1. The molecule has 20 heavy (non-hydrogen) atoms. The third-order valence-electron chi connectivity index (χ3n) is 3.52. The second kappa shape index (κ2) is 5.99. The van der Waals surface area contributed by atoms with Crippen LogP contribution in [0.15, 0.2) is 34.9 Å². The van der Waals surface area contributed by atoms with Gasteiger partial charge in [-0.1, -0.05) is 0 Å². The van der Waals surface area contributed by atoms with Crippen molar-refractivity contribution in [1.29, 1.82) is 0 Å². The Bertz CT molecular complexity index is 578. The number of anilines is 2. The number of rotatable bonds is 5. The minimum atomic E-state index is -0.220. The Labute approximate surface area is 119 Å². The number of hydrogen-bond acceptors (Lipinski definition) is 3. The summed E-state index contributed by atoms with van der Waals surface area (Å²) in [5.41, 5.74) is 2.45. The van der Waals surface area contributed by atoms with Gasteiger partial charge in [-0.15, -0.1) is 0 Å². The first-order chi connectivity index (χ1) is 9.49. The molecule has 0 bridgehead atoms. The highest BCUT2D eigenvalue weighted by Gasteiger charge is 2.11. The predicted molar refractivity (Wildman–Crippen MR) is 80.7 cm³/mol. The van der Waals surface area contributed by atoms with Crippen molar-refractivity contribution in [3.05, 3.63) is 47.7 Å². The molecule has 4 heteroatoms. The highest BCUT2D eigenvalue weighted by atomic mass is 19.1. The quantitative estimate of drug-likeness (QED) is 0.888. The largest absolute Gasteiger partial charge is 0.467 e. The Balaban J connectivity index is 2.07. The zero-order valence-electron chi connectivity index (χ0n) is 12.4. The first-order valence-electron chi connectivity index (χ1n) is 6.78. The van der Waals surface area contributed by atoms with E-state index in [2.05, 4.69) is 5.32 Å². The van der Waals surface area contributed by atoms with Gasteiger partial charge < -0.3 is 14.6 Å². The Hall–Kier alpha value is -1.97. The molecule has 0 amide bonds. The molecule has 3 nitrogen and oxygen atoms in total. The molecular formula is C16H21FN2O. The molecule has 0 aliphatic heterocycles. The van der Waals surface area contributed by atoms with E-state index in [4.69, 9.17) is 4.42 Å². The van der Waals surface area contributed by atoms with Crippen molar-refractivity contribution in [2.75, 3.05) is 17.3 Å². The number of benzene rings is 1. The summed E-state index contributed by atoms with van der Waals surface area (Å²) < 4.78 is 19.4. The first kappa shape index (κ1) is 14.4. The second-order valence-electron chi connectivity index (χ2n) is 5.25. The van der Waals surface area contributed by atoms with Crippen molar-refractivity contribution >= 4 is 11.4 Å². The van der Waals surface area contributed by atoms with Crippen LogP contribution in [0.2, 0.25) is 0 Å². The van der Waals surface area contributed by atoms with Gasteiger partial charge in [-0.25, -0.2) is 4.39 Å². The molecule has 0 saturated carbocycles. The fourth-order valence-corrected chi connectivity index (χ4v) is 1.95. The summed E-state index contributed by atoms with van der Waals surface area (Å²) in [6.45, 7) is 6.61. The molecular weight excluding hydrogens is 255 g/mol. The lowest BCUT2D eigenvalue weighted by Crippen LogP contribution is -2.26. The van der Waals surface area contributed by atoms with Crippen molar-refractivity contribution in [2.45, 2.75) is 33.4 Å². The summed E-state index contributed by atoms with van der Waals surface area (Å²) in [4.78, 5) is 1.91. The Morgan fingerprint density at radius 1 is 1.30 bits per heavy atom. The van der Waals surface area contributed by atoms with Gasteiger partial charge in [0, 0.05) is 18.8 Å². The molecule has 0 unspecified atom stereocenters. The summed E-state index contributed by atoms with van der Waals surface area (Å²) in [5, 5.41) is 3.17. The summed E-state index contributed by atoms with van der Waals surface area (Å²) >= 11 is 0. The van der Waals surface area contributed by atoms with Gasteiger partial charge in [-0.05, 0) is 50.6 Å². The van der Waals surface area contributed by atoms with Crippen LogP contribution in [0.1, 0.15) is 25.2 Å². The van der Waals surface area contributed by atoms with Gasteiger partial charge >= 0.3 is 0 Å². The van der Waals surface area contributed by atoms with Gasteiger partial charge in [0.1, 0.15) is 11.6 Å². The lowest BCUT2D eigenvalue weighted by molar-refractivity contribution is 0.515. The predicted octanol–water partition coefficient (Wildman–Crippen LogP) is 4.18. The third kappa shape index (κ3) is 3.13. The first-order valence-corrected chi connectivity index (χ1v) is 6.78. The van der Waals surface area contributed by atoms with Gasteiger partial charge in [-0.3, -0.25) is 0 Å². The van der Waals surface area contributed by atoms with Crippen LogP contribution >= 0.6 is 0 Å². The van der Waals surface area contributed by atoms with Crippen LogP contribution in [0.25, 0.3) is 0 Å². The fraction of sp³-hybridized carbons (Fsp3) is 0.375. The fourth-order valence-electron chi connectivity index (χ4n) is 1.95. The van der Waals surface area contributed by atoms with E-state index in [0.29, 0.717) is 12.2 Å². The van der Waals surface area contributed by atoms with Crippen LogP contribution < -0.4 is 10.2 Å². The number of nitrogens with one attached hydrogen (secondary N) is 1. The van der Waals surface area contributed by atoms with E-state index in [0.717, 1.165) is 17.0 Å². The number of aryl methyl sites for hydroxylation is 1. The van der Waals surface area contributed by atoms with Crippen molar-refractivity contribution < 1.29 is 8.81 Å². The zero-order chi connectivity index (χ0) is 14.7. The highest BCUT2D eigenvalue weighted by Crippen LogP contribution is 2.24. The summed E-state index contributed by atoms with van der Waals surface area (Å²) in [6.07, 6.45) is 1.66. The molecule has 0 aliphatic rings. The van der Waals surface area contributed by atoms with Gasteiger partial charge in [0.05, 0.1) is 18.5 Å². The maximum Gasteiger partial charge on any atom is 0.148 e. The number of furan rings is 1. The summed E-state index contributed by atoms with van der Waals surface area (Å²) in [5.74, 6) is 0.649. The lowest BCUT2D eigenvalue weighted by atomic mass is 10.2. The van der Waals surface area contributed by atoms with Gasteiger partial charge in [0.25, 0.3) is 0 Å². The maximum absolute atomic E-state index is 14.1. The Morgan fingerprint density at radius 3 is 2.60 bits per heavy atom. The number of halogens is 1. The lowest BCUT2D eigenvalue weighted by Gasteiger charge is -2.24. The van der Waals surface area contributed by atoms with Crippen molar-refractivity contribution in [1.82, 2.24) is 0 Å². The normalized spacial score (nSPS) is 10.9. The van der Waals surface area contributed by atoms with E-state index < -0.39 is 0 Å². The van der Waals surface area contributed by atoms with Gasteiger partial charge in [0.2, 0.25) is 0 Å². The molecule has 0 aliphatic carbocycles. The van der Waals surface area contributed by atoms with E-state index in [1.165, 1.54) is 6.07 Å². The Morgan fingerprint density at radius 2 is 2.05 bits per heavy atom. The van der Waals surface area contributed by atoms with E-state index in [1.54, 1.807) is 12.3 Å². The zero-order valence-corrected chi connectivity index (χ0v) is 12.4. The average Bonchev–Trinajstić information content (AvgIpc) is 2.81. The Kier molecular flexibility index (Phi) is 4.32. The molecule has 108 valence electrons. The molecule has 2 aromatic rings. The van der Waals surface area contributed by atoms with Crippen LogP contribution in [-0.4, -0.2) is 13.1 Å².